The lowest BCUT2D eigenvalue weighted by Gasteiger charge is -2.38. The van der Waals surface area contributed by atoms with Crippen LogP contribution in [0.5, 0.6) is 0 Å². The Hall–Kier alpha value is -0.570. The molecule has 1 rings (SSSR count). The molecule has 0 bridgehead atoms. The molecule has 0 aromatic rings. The highest BCUT2D eigenvalue weighted by Crippen LogP contribution is 2.37. The first-order chi connectivity index (χ1) is 8.05. The summed E-state index contributed by atoms with van der Waals surface area (Å²) in [7, 11) is 1.93. The Balaban J connectivity index is 2.64. The topological polar surface area (TPSA) is 46.3 Å². The van der Waals surface area contributed by atoms with Crippen molar-refractivity contribution < 1.29 is 4.79 Å². The van der Waals surface area contributed by atoms with Gasteiger partial charge in [-0.2, -0.15) is 0 Å². The zero-order chi connectivity index (χ0) is 12.9. The van der Waals surface area contributed by atoms with Crippen LogP contribution in [0.3, 0.4) is 0 Å². The fourth-order valence-corrected chi connectivity index (χ4v) is 2.82. The second-order valence-electron chi connectivity index (χ2n) is 5.74. The molecule has 1 aliphatic carbocycles. The average molecular weight is 240 g/mol. The molecule has 0 aromatic heterocycles. The Morgan fingerprint density at radius 3 is 2.41 bits per heavy atom. The van der Waals surface area contributed by atoms with Gasteiger partial charge in [0.05, 0.1) is 5.41 Å². The lowest BCUT2D eigenvalue weighted by Crippen LogP contribution is -2.48. The Bertz CT molecular complexity index is 247. The van der Waals surface area contributed by atoms with Crippen LogP contribution in [0.1, 0.15) is 52.4 Å². The van der Waals surface area contributed by atoms with Crippen LogP contribution >= 0.6 is 0 Å². The van der Waals surface area contributed by atoms with Gasteiger partial charge in [0.25, 0.3) is 0 Å². The van der Waals surface area contributed by atoms with Crippen LogP contribution in [0.15, 0.2) is 0 Å². The van der Waals surface area contributed by atoms with Crippen molar-refractivity contribution >= 4 is 5.91 Å². The summed E-state index contributed by atoms with van der Waals surface area (Å²) >= 11 is 0. The largest absolute Gasteiger partial charge is 0.345 e. The molecule has 17 heavy (non-hydrogen) atoms. The summed E-state index contributed by atoms with van der Waals surface area (Å²) in [6.07, 6.45) is 6.64. The number of nitrogens with two attached hydrogens (primary N) is 1. The third kappa shape index (κ3) is 3.44. The molecule has 0 spiro atoms. The summed E-state index contributed by atoms with van der Waals surface area (Å²) in [5, 5.41) is 0. The van der Waals surface area contributed by atoms with Gasteiger partial charge in [-0.1, -0.05) is 39.5 Å². The van der Waals surface area contributed by atoms with Crippen molar-refractivity contribution in [3.05, 3.63) is 0 Å². The highest BCUT2D eigenvalue weighted by Gasteiger charge is 2.39. The first kappa shape index (κ1) is 14.5. The van der Waals surface area contributed by atoms with Gasteiger partial charge in [-0.25, -0.2) is 0 Å². The fraction of sp³-hybridized carbons (Fsp3) is 0.929. The van der Waals surface area contributed by atoms with Crippen molar-refractivity contribution in [2.45, 2.75) is 52.4 Å². The quantitative estimate of drug-likeness (QED) is 0.802. The monoisotopic (exact) mass is 240 g/mol. The van der Waals surface area contributed by atoms with Gasteiger partial charge in [-0.15, -0.1) is 0 Å². The third-order valence-corrected chi connectivity index (χ3v) is 4.28. The van der Waals surface area contributed by atoms with E-state index in [-0.39, 0.29) is 11.3 Å². The van der Waals surface area contributed by atoms with E-state index in [1.54, 1.807) is 0 Å². The minimum absolute atomic E-state index is 0.250. The fourth-order valence-electron chi connectivity index (χ4n) is 2.82. The molecule has 1 amide bonds. The standard InChI is InChI=1S/C14H28N2O/c1-4-12(2)10-16(3)13(17)14(11-15)8-6-5-7-9-14/h12H,4-11,15H2,1-3H3. The first-order valence-electron chi connectivity index (χ1n) is 7.01. The van der Waals surface area contributed by atoms with Crippen LogP contribution in [-0.4, -0.2) is 30.9 Å². The molecular formula is C14H28N2O. The van der Waals surface area contributed by atoms with Crippen molar-refractivity contribution in [2.24, 2.45) is 17.1 Å². The predicted molar refractivity (Wildman–Crippen MR) is 71.7 cm³/mol. The summed E-state index contributed by atoms with van der Waals surface area (Å²) in [5.74, 6) is 0.849. The SMILES string of the molecule is CCC(C)CN(C)C(=O)C1(CN)CCCCC1. The molecule has 0 saturated heterocycles. The van der Waals surface area contributed by atoms with Crippen LogP contribution in [0.4, 0.5) is 0 Å². The molecule has 0 radical (unpaired) electrons. The van der Waals surface area contributed by atoms with Crippen LogP contribution in [-0.2, 0) is 4.79 Å². The molecule has 2 N–H and O–H groups in total. The molecule has 0 aliphatic heterocycles. The van der Waals surface area contributed by atoms with Gasteiger partial charge in [-0.05, 0) is 18.8 Å². The van der Waals surface area contributed by atoms with Crippen LogP contribution < -0.4 is 5.73 Å². The highest BCUT2D eigenvalue weighted by molar-refractivity contribution is 5.82. The van der Waals surface area contributed by atoms with E-state index in [1.807, 2.05) is 11.9 Å². The summed E-state index contributed by atoms with van der Waals surface area (Å²) in [4.78, 5) is 14.5. The Morgan fingerprint density at radius 2 is 1.94 bits per heavy atom. The number of nitrogens with zero attached hydrogens (tertiary/aromatic N) is 1. The van der Waals surface area contributed by atoms with E-state index in [9.17, 15) is 4.79 Å². The number of carbonyl (C=O) groups is 1. The molecular weight excluding hydrogens is 212 g/mol. The van der Waals surface area contributed by atoms with Gasteiger partial charge in [0, 0.05) is 20.1 Å². The molecule has 0 aromatic carbocycles. The van der Waals surface area contributed by atoms with Crippen LogP contribution in [0.2, 0.25) is 0 Å². The second-order valence-corrected chi connectivity index (χ2v) is 5.74. The minimum Gasteiger partial charge on any atom is -0.345 e. The molecule has 1 aliphatic rings. The van der Waals surface area contributed by atoms with Gasteiger partial charge < -0.3 is 10.6 Å². The second kappa shape index (κ2) is 6.39. The number of amides is 1. The van der Waals surface area contributed by atoms with Gasteiger partial charge >= 0.3 is 0 Å². The zero-order valence-electron chi connectivity index (χ0n) is 11.7. The van der Waals surface area contributed by atoms with Crippen molar-refractivity contribution in [3.8, 4) is 0 Å². The Labute approximate surface area is 106 Å². The van der Waals surface area contributed by atoms with Crippen molar-refractivity contribution in [3.63, 3.8) is 0 Å². The molecule has 3 nitrogen and oxygen atoms in total. The predicted octanol–water partition coefficient (Wildman–Crippen LogP) is 2.40. The van der Waals surface area contributed by atoms with Gasteiger partial charge in [-0.3, -0.25) is 4.79 Å². The molecule has 1 atom stereocenters. The van der Waals surface area contributed by atoms with Crippen molar-refractivity contribution in [2.75, 3.05) is 20.1 Å². The summed E-state index contributed by atoms with van der Waals surface area (Å²) < 4.78 is 0. The van der Waals surface area contributed by atoms with Gasteiger partial charge in [0.2, 0.25) is 5.91 Å². The molecule has 1 fully saturated rings. The van der Waals surface area contributed by atoms with Crippen molar-refractivity contribution in [1.82, 2.24) is 4.90 Å². The molecule has 1 saturated carbocycles. The molecule has 0 heterocycles. The normalized spacial score (nSPS) is 20.9. The zero-order valence-corrected chi connectivity index (χ0v) is 11.7. The summed E-state index contributed by atoms with van der Waals surface area (Å²) in [6.45, 7) is 5.73. The van der Waals surface area contributed by atoms with E-state index in [0.717, 1.165) is 38.6 Å². The van der Waals surface area contributed by atoms with Crippen LogP contribution in [0, 0.1) is 11.3 Å². The van der Waals surface area contributed by atoms with E-state index in [0.29, 0.717) is 12.5 Å². The van der Waals surface area contributed by atoms with Gasteiger partial charge in [0.1, 0.15) is 0 Å². The van der Waals surface area contributed by atoms with E-state index >= 15 is 0 Å². The summed E-state index contributed by atoms with van der Waals surface area (Å²) in [6, 6.07) is 0. The highest BCUT2D eigenvalue weighted by atomic mass is 16.2. The van der Waals surface area contributed by atoms with E-state index in [1.165, 1.54) is 6.42 Å². The van der Waals surface area contributed by atoms with Crippen molar-refractivity contribution in [1.29, 1.82) is 0 Å². The van der Waals surface area contributed by atoms with E-state index in [2.05, 4.69) is 13.8 Å². The number of hydrogen-bond acceptors (Lipinski definition) is 2. The molecule has 3 heteroatoms. The average Bonchev–Trinajstić information content (AvgIpc) is 2.38. The minimum atomic E-state index is -0.250. The maximum Gasteiger partial charge on any atom is 0.229 e. The van der Waals surface area contributed by atoms with Gasteiger partial charge in [0.15, 0.2) is 0 Å². The van der Waals surface area contributed by atoms with E-state index < -0.39 is 0 Å². The maximum absolute atomic E-state index is 12.5. The smallest absolute Gasteiger partial charge is 0.229 e. The number of carbonyl (C=O) groups excluding carboxylic acids is 1. The maximum atomic E-state index is 12.5. The Kier molecular flexibility index (Phi) is 5.44. The van der Waals surface area contributed by atoms with Crippen LogP contribution in [0.25, 0.3) is 0 Å². The lowest BCUT2D eigenvalue weighted by molar-refractivity contribution is -0.142. The van der Waals surface area contributed by atoms with E-state index in [4.69, 9.17) is 5.73 Å². The lowest BCUT2D eigenvalue weighted by atomic mass is 9.73. The molecule has 100 valence electrons. The third-order valence-electron chi connectivity index (χ3n) is 4.28. The summed E-state index contributed by atoms with van der Waals surface area (Å²) in [5.41, 5.74) is 5.64. The number of rotatable bonds is 5. The molecule has 1 unspecified atom stereocenters. The Morgan fingerprint density at radius 1 is 1.35 bits per heavy atom. The first-order valence-corrected chi connectivity index (χ1v) is 7.01. The number of hydrogen-bond donors (Lipinski definition) is 1.